The topological polar surface area (TPSA) is 92.7 Å². The van der Waals surface area contributed by atoms with E-state index < -0.39 is 0 Å². The third-order valence-corrected chi connectivity index (χ3v) is 7.61. The Hall–Kier alpha value is -2.13. The van der Waals surface area contributed by atoms with Crippen molar-refractivity contribution in [2.45, 2.75) is 51.3 Å². The Labute approximate surface area is 177 Å². The van der Waals surface area contributed by atoms with Crippen molar-refractivity contribution < 1.29 is 4.79 Å². The van der Waals surface area contributed by atoms with E-state index in [4.69, 9.17) is 0 Å². The first-order chi connectivity index (χ1) is 13.9. The molecule has 0 saturated heterocycles. The third-order valence-electron chi connectivity index (χ3n) is 5.45. The number of thioether (sulfide) groups is 1. The van der Waals surface area contributed by atoms with Crippen LogP contribution in [0.4, 0.5) is 0 Å². The summed E-state index contributed by atoms with van der Waals surface area (Å²) in [6.07, 6.45) is 5.41. The first kappa shape index (κ1) is 20.2. The molecule has 0 fully saturated rings. The molecule has 1 atom stereocenters. The van der Waals surface area contributed by atoms with Gasteiger partial charge in [-0.25, -0.2) is 4.98 Å². The van der Waals surface area contributed by atoms with Gasteiger partial charge in [0.05, 0.1) is 23.4 Å². The predicted molar refractivity (Wildman–Crippen MR) is 118 cm³/mol. The average molecular weight is 432 g/mol. The van der Waals surface area contributed by atoms with Crippen LogP contribution in [-0.2, 0) is 30.4 Å². The highest BCUT2D eigenvalue weighted by Gasteiger charge is 2.21. The zero-order chi connectivity index (χ0) is 20.5. The maximum atomic E-state index is 12.5. The molecule has 154 valence electrons. The Morgan fingerprint density at radius 1 is 1.45 bits per heavy atom. The Kier molecular flexibility index (Phi) is 5.78. The van der Waals surface area contributed by atoms with Crippen molar-refractivity contribution >= 4 is 39.2 Å². The number of aromatic nitrogens is 4. The van der Waals surface area contributed by atoms with Gasteiger partial charge in [0.15, 0.2) is 0 Å². The minimum absolute atomic E-state index is 0.0137. The molecule has 0 aromatic carbocycles. The molecule has 3 heterocycles. The van der Waals surface area contributed by atoms with Crippen LogP contribution in [0.1, 0.15) is 53.3 Å². The number of nitrogens with one attached hydrogen (secondary N) is 2. The minimum Gasteiger partial charge on any atom is -0.349 e. The number of H-pyrrole nitrogens is 1. The molecule has 0 bridgehead atoms. The number of hydrogen-bond acceptors (Lipinski definition) is 6. The van der Waals surface area contributed by atoms with Crippen LogP contribution < -0.4 is 10.9 Å². The second-order valence-electron chi connectivity index (χ2n) is 7.45. The number of carbonyl (C=O) groups excluding carboxylic acids is 1. The fraction of sp³-hybridized carbons (Fsp3) is 0.500. The van der Waals surface area contributed by atoms with Gasteiger partial charge in [0.25, 0.3) is 5.56 Å². The lowest BCUT2D eigenvalue weighted by molar-refractivity contribution is -0.121. The molecule has 0 aliphatic heterocycles. The zero-order valence-electron chi connectivity index (χ0n) is 16.9. The van der Waals surface area contributed by atoms with Gasteiger partial charge in [0.1, 0.15) is 10.7 Å². The van der Waals surface area contributed by atoms with Crippen LogP contribution in [-0.4, -0.2) is 31.4 Å². The molecular weight excluding hydrogens is 406 g/mol. The van der Waals surface area contributed by atoms with E-state index in [0.29, 0.717) is 23.8 Å². The predicted octanol–water partition coefficient (Wildman–Crippen LogP) is 3.02. The Bertz CT molecular complexity index is 1110. The van der Waals surface area contributed by atoms with Crippen LogP contribution in [0.3, 0.4) is 0 Å². The maximum Gasteiger partial charge on any atom is 0.259 e. The fourth-order valence-corrected chi connectivity index (χ4v) is 5.87. The van der Waals surface area contributed by atoms with Crippen LogP contribution in [0.25, 0.3) is 10.2 Å². The van der Waals surface area contributed by atoms with Crippen molar-refractivity contribution in [2.24, 2.45) is 7.05 Å². The van der Waals surface area contributed by atoms with Gasteiger partial charge in [-0.2, -0.15) is 16.9 Å². The van der Waals surface area contributed by atoms with Gasteiger partial charge in [0, 0.05) is 35.4 Å². The highest BCUT2D eigenvalue weighted by Crippen LogP contribution is 2.34. The number of nitrogens with zero attached hydrogens (tertiary/aromatic N) is 3. The largest absolute Gasteiger partial charge is 0.349 e. The molecule has 4 rings (SSSR count). The standard InChI is InChI=1S/C20H25N5O2S2/c1-11(14-9-21-25(3)12(14)2)22-17(26)7-8-28-10-16-23-19(27)18-13-5-4-6-15(13)29-20(18)24-16/h9,11H,4-8,10H2,1-3H3,(H,22,26)(H,23,24,27). The molecular formula is C20H25N5O2S2. The summed E-state index contributed by atoms with van der Waals surface area (Å²) in [7, 11) is 1.89. The number of aromatic amines is 1. The first-order valence-electron chi connectivity index (χ1n) is 9.83. The van der Waals surface area contributed by atoms with Crippen LogP contribution in [0.5, 0.6) is 0 Å². The van der Waals surface area contributed by atoms with E-state index in [1.165, 1.54) is 10.4 Å². The highest BCUT2D eigenvalue weighted by molar-refractivity contribution is 7.98. The van der Waals surface area contributed by atoms with Crippen LogP contribution >= 0.6 is 23.1 Å². The van der Waals surface area contributed by atoms with E-state index in [1.807, 2.05) is 20.9 Å². The van der Waals surface area contributed by atoms with E-state index in [0.717, 1.165) is 40.7 Å². The summed E-state index contributed by atoms with van der Waals surface area (Å²) in [5, 5.41) is 8.04. The van der Waals surface area contributed by atoms with Gasteiger partial charge in [-0.1, -0.05) is 0 Å². The minimum atomic E-state index is -0.0672. The summed E-state index contributed by atoms with van der Waals surface area (Å²) >= 11 is 3.26. The number of thiophene rings is 1. The molecule has 3 aromatic rings. The summed E-state index contributed by atoms with van der Waals surface area (Å²) < 4.78 is 1.81. The second kappa shape index (κ2) is 8.31. The van der Waals surface area contributed by atoms with Gasteiger partial charge in [-0.3, -0.25) is 14.3 Å². The lowest BCUT2D eigenvalue weighted by Crippen LogP contribution is -2.27. The molecule has 0 spiro atoms. The van der Waals surface area contributed by atoms with E-state index >= 15 is 0 Å². The molecule has 1 aliphatic carbocycles. The van der Waals surface area contributed by atoms with E-state index in [2.05, 4.69) is 20.4 Å². The molecule has 1 unspecified atom stereocenters. The van der Waals surface area contributed by atoms with Crippen molar-refractivity contribution in [3.8, 4) is 0 Å². The highest BCUT2D eigenvalue weighted by atomic mass is 32.2. The molecule has 7 nitrogen and oxygen atoms in total. The zero-order valence-corrected chi connectivity index (χ0v) is 18.5. The van der Waals surface area contributed by atoms with E-state index in [9.17, 15) is 9.59 Å². The summed E-state index contributed by atoms with van der Waals surface area (Å²) in [6.45, 7) is 3.96. The van der Waals surface area contributed by atoms with Gasteiger partial charge in [0.2, 0.25) is 5.91 Å². The first-order valence-corrected chi connectivity index (χ1v) is 11.8. The monoisotopic (exact) mass is 431 g/mol. The third kappa shape index (κ3) is 4.11. The van der Waals surface area contributed by atoms with Crippen LogP contribution in [0.15, 0.2) is 11.0 Å². The summed E-state index contributed by atoms with van der Waals surface area (Å²) in [6, 6.07) is -0.0672. The Morgan fingerprint density at radius 2 is 2.28 bits per heavy atom. The number of aryl methyl sites for hydroxylation is 3. The lowest BCUT2D eigenvalue weighted by Gasteiger charge is -2.13. The quantitative estimate of drug-likeness (QED) is 0.561. The number of rotatable bonds is 7. The number of fused-ring (bicyclic) bond motifs is 3. The van der Waals surface area contributed by atoms with Gasteiger partial charge in [-0.05, 0) is 38.7 Å². The number of amides is 1. The number of hydrogen-bond donors (Lipinski definition) is 2. The van der Waals surface area contributed by atoms with Crippen LogP contribution in [0, 0.1) is 6.92 Å². The van der Waals surface area contributed by atoms with E-state index in [-0.39, 0.29) is 17.5 Å². The molecule has 1 aliphatic rings. The fourth-order valence-electron chi connectivity index (χ4n) is 3.78. The normalized spacial score (nSPS) is 14.3. The molecule has 9 heteroatoms. The molecule has 2 N–H and O–H groups in total. The smallest absolute Gasteiger partial charge is 0.259 e. The summed E-state index contributed by atoms with van der Waals surface area (Å²) in [5.74, 6) is 1.97. The molecule has 3 aromatic heterocycles. The Morgan fingerprint density at radius 3 is 3.03 bits per heavy atom. The van der Waals surface area contributed by atoms with Crippen molar-refractivity contribution in [1.82, 2.24) is 25.1 Å². The molecule has 0 radical (unpaired) electrons. The summed E-state index contributed by atoms with van der Waals surface area (Å²) in [4.78, 5) is 34.5. The summed E-state index contributed by atoms with van der Waals surface area (Å²) in [5.41, 5.74) is 3.26. The molecule has 1 amide bonds. The van der Waals surface area contributed by atoms with Gasteiger partial charge < -0.3 is 10.3 Å². The maximum absolute atomic E-state index is 12.5. The second-order valence-corrected chi connectivity index (χ2v) is 9.64. The average Bonchev–Trinajstić information content (AvgIpc) is 3.34. The number of carbonyl (C=O) groups is 1. The van der Waals surface area contributed by atoms with Gasteiger partial charge >= 0.3 is 0 Å². The SMILES string of the molecule is Cc1c(C(C)NC(=O)CCSCc2nc3sc4c(c3c(=O)[nH]2)CCC4)cnn1C. The van der Waals surface area contributed by atoms with E-state index in [1.54, 1.807) is 34.0 Å². The van der Waals surface area contributed by atoms with Crippen molar-refractivity contribution in [3.63, 3.8) is 0 Å². The lowest BCUT2D eigenvalue weighted by atomic mass is 10.1. The van der Waals surface area contributed by atoms with Crippen molar-refractivity contribution in [3.05, 3.63) is 44.1 Å². The van der Waals surface area contributed by atoms with Crippen molar-refractivity contribution in [2.75, 3.05) is 5.75 Å². The van der Waals surface area contributed by atoms with Crippen molar-refractivity contribution in [1.29, 1.82) is 0 Å². The Balaban J connectivity index is 1.29. The van der Waals surface area contributed by atoms with Crippen LogP contribution in [0.2, 0.25) is 0 Å². The molecule has 0 saturated carbocycles. The molecule has 29 heavy (non-hydrogen) atoms. The van der Waals surface area contributed by atoms with Gasteiger partial charge in [-0.15, -0.1) is 11.3 Å².